The molecule has 0 fully saturated rings. The highest BCUT2D eigenvalue weighted by Gasteiger charge is 2.34. The Kier molecular flexibility index (Phi) is 8.05. The van der Waals surface area contributed by atoms with Gasteiger partial charge in [0.15, 0.2) is 0 Å². The zero-order valence-corrected chi connectivity index (χ0v) is 22.6. The Hall–Kier alpha value is -3.16. The number of carbonyl (C=O) groups excluding carboxylic acids is 1. The largest absolute Gasteiger partial charge is 0.466 e. The van der Waals surface area contributed by atoms with Crippen molar-refractivity contribution >= 4 is 44.9 Å². The molecule has 0 bridgehead atoms. The smallest absolute Gasteiger partial charge is 0.306 e. The van der Waals surface area contributed by atoms with Crippen LogP contribution < -0.4 is 4.31 Å². The second-order valence-corrected chi connectivity index (χ2v) is 11.5. The molecule has 0 aromatic heterocycles. The van der Waals surface area contributed by atoms with Crippen LogP contribution in [0.1, 0.15) is 42.5 Å². The van der Waals surface area contributed by atoms with Gasteiger partial charge < -0.3 is 4.74 Å². The van der Waals surface area contributed by atoms with Crippen LogP contribution in [0.25, 0.3) is 11.6 Å². The van der Waals surface area contributed by atoms with Crippen LogP contribution in [-0.4, -0.2) is 27.5 Å². The van der Waals surface area contributed by atoms with Gasteiger partial charge in [-0.3, -0.25) is 9.10 Å². The molecule has 0 radical (unpaired) electrons. The van der Waals surface area contributed by atoms with Gasteiger partial charge in [0.25, 0.3) is 10.0 Å². The fourth-order valence-electron chi connectivity index (χ4n) is 4.73. The molecule has 37 heavy (non-hydrogen) atoms. The lowest BCUT2D eigenvalue weighted by molar-refractivity contribution is -0.144. The van der Waals surface area contributed by atoms with Crippen molar-refractivity contribution < 1.29 is 22.3 Å². The molecule has 0 spiro atoms. The first-order valence-electron chi connectivity index (χ1n) is 12.1. The van der Waals surface area contributed by atoms with E-state index in [-0.39, 0.29) is 36.4 Å². The fourth-order valence-corrected chi connectivity index (χ4v) is 6.73. The van der Waals surface area contributed by atoms with Crippen molar-refractivity contribution in [2.75, 3.05) is 17.5 Å². The number of fused-ring (bicyclic) bond motifs is 1. The van der Waals surface area contributed by atoms with Gasteiger partial charge in [-0.15, -0.1) is 0 Å². The van der Waals surface area contributed by atoms with E-state index in [0.29, 0.717) is 28.3 Å². The first kappa shape index (κ1) is 26.9. The van der Waals surface area contributed by atoms with E-state index in [4.69, 9.17) is 16.3 Å². The summed E-state index contributed by atoms with van der Waals surface area (Å²) in [5.74, 6) is -1.03. The molecular formula is C29H29ClFNO4S. The van der Waals surface area contributed by atoms with E-state index >= 15 is 0 Å². The third kappa shape index (κ3) is 5.89. The van der Waals surface area contributed by atoms with E-state index in [1.165, 1.54) is 10.4 Å². The molecule has 3 aromatic carbocycles. The van der Waals surface area contributed by atoms with Crippen molar-refractivity contribution in [2.24, 2.45) is 5.92 Å². The van der Waals surface area contributed by atoms with Gasteiger partial charge in [-0.25, -0.2) is 12.8 Å². The van der Waals surface area contributed by atoms with E-state index in [2.05, 4.69) is 0 Å². The van der Waals surface area contributed by atoms with Gasteiger partial charge in [0, 0.05) is 12.1 Å². The van der Waals surface area contributed by atoms with Crippen molar-refractivity contribution in [3.8, 4) is 0 Å². The number of ether oxygens (including phenoxy) is 1. The number of aryl methyl sites for hydroxylation is 1. The van der Waals surface area contributed by atoms with Gasteiger partial charge in [-0.2, -0.15) is 0 Å². The van der Waals surface area contributed by atoms with Gasteiger partial charge in [0.2, 0.25) is 0 Å². The number of hydrogen-bond acceptors (Lipinski definition) is 4. The number of sulfonamides is 1. The van der Waals surface area contributed by atoms with Crippen LogP contribution in [0.15, 0.2) is 65.6 Å². The summed E-state index contributed by atoms with van der Waals surface area (Å²) in [6, 6.07) is 16.8. The lowest BCUT2D eigenvalue weighted by atomic mass is 9.90. The number of nitrogens with zero attached hydrogens (tertiary/aromatic N) is 1. The Morgan fingerprint density at radius 3 is 2.62 bits per heavy atom. The molecule has 1 aliphatic heterocycles. The van der Waals surface area contributed by atoms with Gasteiger partial charge in [-0.1, -0.05) is 41.9 Å². The summed E-state index contributed by atoms with van der Waals surface area (Å²) >= 11 is 6.24. The quantitative estimate of drug-likeness (QED) is 0.247. The number of hydrogen-bond donors (Lipinski definition) is 0. The highest BCUT2D eigenvalue weighted by atomic mass is 35.5. The number of benzene rings is 3. The molecule has 1 heterocycles. The van der Waals surface area contributed by atoms with Crippen LogP contribution in [0.5, 0.6) is 0 Å². The lowest BCUT2D eigenvalue weighted by Crippen LogP contribution is -2.40. The number of halogens is 2. The normalized spacial score (nSPS) is 15.9. The topological polar surface area (TPSA) is 63.7 Å². The summed E-state index contributed by atoms with van der Waals surface area (Å²) in [6.45, 7) is 5.80. The van der Waals surface area contributed by atoms with Gasteiger partial charge in [0.1, 0.15) is 5.82 Å². The molecule has 194 valence electrons. The van der Waals surface area contributed by atoms with Crippen molar-refractivity contribution in [1.29, 1.82) is 0 Å². The van der Waals surface area contributed by atoms with Crippen LogP contribution in [0.2, 0.25) is 5.02 Å². The maximum atomic E-state index is 14.4. The number of rotatable bonds is 7. The highest BCUT2D eigenvalue weighted by molar-refractivity contribution is 7.92. The number of allylic oxidation sites excluding steroid dienone is 1. The first-order valence-corrected chi connectivity index (χ1v) is 13.9. The third-order valence-electron chi connectivity index (χ3n) is 6.38. The molecule has 1 atom stereocenters. The molecule has 0 N–H and O–H groups in total. The molecule has 4 rings (SSSR count). The van der Waals surface area contributed by atoms with Crippen LogP contribution in [0, 0.1) is 18.7 Å². The number of anilines is 1. The average molecular weight is 542 g/mol. The zero-order valence-electron chi connectivity index (χ0n) is 21.0. The Morgan fingerprint density at radius 1 is 1.16 bits per heavy atom. The Bertz CT molecular complexity index is 1450. The molecule has 0 saturated carbocycles. The maximum absolute atomic E-state index is 14.4. The minimum atomic E-state index is -3.87. The summed E-state index contributed by atoms with van der Waals surface area (Å²) in [4.78, 5) is 12.5. The Balaban J connectivity index is 1.76. The molecule has 0 aliphatic carbocycles. The predicted octanol–water partition coefficient (Wildman–Crippen LogP) is 6.67. The van der Waals surface area contributed by atoms with Crippen LogP contribution in [0.3, 0.4) is 0 Å². The minimum absolute atomic E-state index is 0.108. The van der Waals surface area contributed by atoms with Crippen molar-refractivity contribution in [3.05, 3.63) is 93.8 Å². The van der Waals surface area contributed by atoms with E-state index in [1.807, 2.05) is 31.2 Å². The monoisotopic (exact) mass is 541 g/mol. The molecular weight excluding hydrogens is 513 g/mol. The minimum Gasteiger partial charge on any atom is -0.466 e. The standard InChI is InChI=1S/C29H29ClFNO4S/c1-4-36-28(33)17-22-16-23-15-21(14-20(3)29-25(30)9-6-10-26(29)31)11-12-27(23)32(18-22)37(34,35)24-8-5-7-19(2)13-24/h5-15,22H,4,16-18H2,1-3H3/b20-14+. The van der Waals surface area contributed by atoms with Crippen molar-refractivity contribution in [3.63, 3.8) is 0 Å². The van der Waals surface area contributed by atoms with Crippen molar-refractivity contribution in [2.45, 2.75) is 38.5 Å². The summed E-state index contributed by atoms with van der Waals surface area (Å²) in [5, 5.41) is 0.316. The number of carbonyl (C=O) groups is 1. The molecule has 0 saturated heterocycles. The van der Waals surface area contributed by atoms with E-state index < -0.39 is 15.8 Å². The van der Waals surface area contributed by atoms with Crippen LogP contribution in [-0.2, 0) is 26.0 Å². The second kappa shape index (κ2) is 11.1. The molecule has 3 aromatic rings. The lowest BCUT2D eigenvalue weighted by Gasteiger charge is -2.35. The van der Waals surface area contributed by atoms with Gasteiger partial charge >= 0.3 is 5.97 Å². The predicted molar refractivity (Wildman–Crippen MR) is 146 cm³/mol. The molecule has 1 unspecified atom stereocenters. The second-order valence-electron chi connectivity index (χ2n) is 9.24. The molecule has 0 amide bonds. The van der Waals surface area contributed by atoms with Gasteiger partial charge in [0.05, 0.1) is 28.6 Å². The molecule has 1 aliphatic rings. The summed E-state index contributed by atoms with van der Waals surface area (Å²) in [5.41, 5.74) is 3.94. The van der Waals surface area contributed by atoms with E-state index in [1.54, 1.807) is 50.2 Å². The summed E-state index contributed by atoms with van der Waals surface area (Å²) in [7, 11) is -3.87. The zero-order chi connectivity index (χ0) is 26.7. The van der Waals surface area contributed by atoms with E-state index in [0.717, 1.165) is 16.7 Å². The Morgan fingerprint density at radius 2 is 1.92 bits per heavy atom. The Labute approximate surface area is 222 Å². The molecule has 5 nitrogen and oxygen atoms in total. The average Bonchev–Trinajstić information content (AvgIpc) is 2.83. The van der Waals surface area contributed by atoms with Crippen LogP contribution in [0.4, 0.5) is 10.1 Å². The SMILES string of the molecule is CCOC(=O)CC1Cc2cc(/C=C(\C)c3c(F)cccc3Cl)ccc2N(S(=O)(=O)c2cccc(C)c2)C1. The number of esters is 1. The highest BCUT2D eigenvalue weighted by Crippen LogP contribution is 2.37. The van der Waals surface area contributed by atoms with Crippen LogP contribution >= 0.6 is 11.6 Å². The van der Waals surface area contributed by atoms with E-state index in [9.17, 15) is 17.6 Å². The van der Waals surface area contributed by atoms with Gasteiger partial charge in [-0.05, 0) is 91.8 Å². The maximum Gasteiger partial charge on any atom is 0.306 e. The third-order valence-corrected chi connectivity index (χ3v) is 8.47. The summed E-state index contributed by atoms with van der Waals surface area (Å²) < 4.78 is 48.4. The summed E-state index contributed by atoms with van der Waals surface area (Å²) in [6.07, 6.45) is 2.44. The fraction of sp³-hybridized carbons (Fsp3) is 0.276. The first-order chi connectivity index (χ1) is 17.6. The molecule has 8 heteroatoms. The van der Waals surface area contributed by atoms with Crippen molar-refractivity contribution in [1.82, 2.24) is 0 Å².